The third-order valence-corrected chi connectivity index (χ3v) is 4.45. The summed E-state index contributed by atoms with van der Waals surface area (Å²) in [6.45, 7) is 1.58. The van der Waals surface area contributed by atoms with Gasteiger partial charge < -0.3 is 10.1 Å². The second-order valence-corrected chi connectivity index (χ2v) is 6.36. The second-order valence-electron chi connectivity index (χ2n) is 5.55. The molecule has 1 saturated carbocycles. The predicted octanol–water partition coefficient (Wildman–Crippen LogP) is 3.53. The van der Waals surface area contributed by atoms with Crippen LogP contribution in [0.25, 0.3) is 0 Å². The Balaban J connectivity index is 1.82. The molecule has 1 atom stereocenters. The van der Waals surface area contributed by atoms with E-state index in [4.69, 9.17) is 27.9 Å². The van der Waals surface area contributed by atoms with E-state index in [0.717, 1.165) is 25.7 Å². The average Bonchev–Trinajstić information content (AvgIpc) is 2.95. The minimum absolute atomic E-state index is 0.0535. The molecular weight excluding hydrogens is 325 g/mol. The lowest BCUT2D eigenvalue weighted by molar-refractivity contribution is -0.154. The van der Waals surface area contributed by atoms with Crippen LogP contribution in [0, 0.1) is 0 Å². The van der Waals surface area contributed by atoms with Gasteiger partial charge in [-0.2, -0.15) is 0 Å². The zero-order chi connectivity index (χ0) is 16.1. The lowest BCUT2D eigenvalue weighted by Gasteiger charge is -2.17. The molecule has 0 bridgehead atoms. The zero-order valence-corrected chi connectivity index (χ0v) is 13.9. The summed E-state index contributed by atoms with van der Waals surface area (Å²) < 4.78 is 5.17. The molecule has 1 aromatic rings. The van der Waals surface area contributed by atoms with Crippen molar-refractivity contribution in [3.05, 3.63) is 33.8 Å². The van der Waals surface area contributed by atoms with E-state index in [1.165, 1.54) is 0 Å². The Hall–Kier alpha value is -1.26. The number of esters is 1. The van der Waals surface area contributed by atoms with Gasteiger partial charge in [-0.05, 0) is 37.5 Å². The van der Waals surface area contributed by atoms with Gasteiger partial charge in [0, 0.05) is 6.04 Å². The van der Waals surface area contributed by atoms with Crippen molar-refractivity contribution in [2.24, 2.45) is 0 Å². The highest BCUT2D eigenvalue weighted by Gasteiger charge is 2.23. The fraction of sp³-hybridized carbons (Fsp3) is 0.500. The van der Waals surface area contributed by atoms with E-state index in [-0.39, 0.29) is 18.4 Å². The number of benzene rings is 1. The molecule has 4 nitrogen and oxygen atoms in total. The molecule has 1 aliphatic carbocycles. The Morgan fingerprint density at radius 2 is 1.95 bits per heavy atom. The van der Waals surface area contributed by atoms with Crippen LogP contribution in [-0.4, -0.2) is 24.0 Å². The van der Waals surface area contributed by atoms with E-state index in [1.54, 1.807) is 25.1 Å². The molecule has 120 valence electrons. The standard InChI is InChI=1S/C16H19Cl2NO3/c1-10(16(21)19-12-4-2-3-5-12)22-15(20)9-11-6-7-13(17)14(18)8-11/h6-8,10,12H,2-5,9H2,1H3,(H,19,21)/t10-/m1/s1. The Morgan fingerprint density at radius 1 is 1.27 bits per heavy atom. The highest BCUT2D eigenvalue weighted by molar-refractivity contribution is 6.42. The molecule has 0 aliphatic heterocycles. The molecule has 6 heteroatoms. The third-order valence-electron chi connectivity index (χ3n) is 3.71. The van der Waals surface area contributed by atoms with Crippen molar-refractivity contribution < 1.29 is 14.3 Å². The van der Waals surface area contributed by atoms with Crippen LogP contribution in [0.5, 0.6) is 0 Å². The fourth-order valence-electron chi connectivity index (χ4n) is 2.50. The molecule has 0 unspecified atom stereocenters. The van der Waals surface area contributed by atoms with Gasteiger partial charge in [0.05, 0.1) is 16.5 Å². The predicted molar refractivity (Wildman–Crippen MR) is 86.1 cm³/mol. The van der Waals surface area contributed by atoms with Crippen LogP contribution in [0.3, 0.4) is 0 Å². The van der Waals surface area contributed by atoms with Crippen molar-refractivity contribution in [1.29, 1.82) is 0 Å². The summed E-state index contributed by atoms with van der Waals surface area (Å²) >= 11 is 11.7. The van der Waals surface area contributed by atoms with Crippen LogP contribution >= 0.6 is 23.2 Å². The minimum atomic E-state index is -0.795. The largest absolute Gasteiger partial charge is 0.452 e. The lowest BCUT2D eigenvalue weighted by atomic mass is 10.1. The molecule has 1 amide bonds. The van der Waals surface area contributed by atoms with Gasteiger partial charge in [0.25, 0.3) is 5.91 Å². The number of carbonyl (C=O) groups excluding carboxylic acids is 2. The maximum absolute atomic E-state index is 12.0. The monoisotopic (exact) mass is 343 g/mol. The van der Waals surface area contributed by atoms with Gasteiger partial charge in [-0.1, -0.05) is 42.1 Å². The number of amides is 1. The first kappa shape index (κ1) is 17.1. The van der Waals surface area contributed by atoms with E-state index < -0.39 is 12.1 Å². The normalized spacial score (nSPS) is 16.3. The minimum Gasteiger partial charge on any atom is -0.452 e. The SMILES string of the molecule is C[C@@H](OC(=O)Cc1ccc(Cl)c(Cl)c1)C(=O)NC1CCCC1. The summed E-state index contributed by atoms with van der Waals surface area (Å²) in [6.07, 6.45) is 3.52. The average molecular weight is 344 g/mol. The molecule has 0 saturated heterocycles. The van der Waals surface area contributed by atoms with E-state index in [1.807, 2.05) is 0 Å². The number of rotatable bonds is 5. The molecule has 1 aliphatic rings. The maximum atomic E-state index is 12.0. The molecule has 0 heterocycles. The molecular formula is C16H19Cl2NO3. The first-order chi connectivity index (χ1) is 10.5. The van der Waals surface area contributed by atoms with Crippen LogP contribution < -0.4 is 5.32 Å². The third kappa shape index (κ3) is 4.89. The van der Waals surface area contributed by atoms with Gasteiger partial charge in [0.1, 0.15) is 0 Å². The van der Waals surface area contributed by atoms with Crippen molar-refractivity contribution in [3.63, 3.8) is 0 Å². The van der Waals surface area contributed by atoms with Gasteiger partial charge in [0.2, 0.25) is 0 Å². The number of carbonyl (C=O) groups is 2. The molecule has 0 spiro atoms. The van der Waals surface area contributed by atoms with E-state index >= 15 is 0 Å². The number of hydrogen-bond acceptors (Lipinski definition) is 3. The first-order valence-corrected chi connectivity index (χ1v) is 8.15. The molecule has 0 aromatic heterocycles. The zero-order valence-electron chi connectivity index (χ0n) is 12.4. The lowest BCUT2D eigenvalue weighted by Crippen LogP contribution is -2.41. The van der Waals surface area contributed by atoms with E-state index in [0.29, 0.717) is 15.6 Å². The second kappa shape index (κ2) is 7.84. The van der Waals surface area contributed by atoms with Gasteiger partial charge in [-0.15, -0.1) is 0 Å². The number of ether oxygens (including phenoxy) is 1. The molecule has 0 radical (unpaired) electrons. The number of hydrogen-bond donors (Lipinski definition) is 1. The van der Waals surface area contributed by atoms with Crippen molar-refractivity contribution in [2.45, 2.75) is 51.2 Å². The summed E-state index contributed by atoms with van der Waals surface area (Å²) in [5.41, 5.74) is 0.697. The summed E-state index contributed by atoms with van der Waals surface area (Å²) in [6, 6.07) is 5.17. The van der Waals surface area contributed by atoms with Gasteiger partial charge in [0.15, 0.2) is 6.10 Å². The molecule has 1 N–H and O–H groups in total. The van der Waals surface area contributed by atoms with E-state index in [2.05, 4.69) is 5.32 Å². The molecule has 1 aromatic carbocycles. The smallest absolute Gasteiger partial charge is 0.311 e. The summed E-state index contributed by atoms with van der Waals surface area (Å²) in [5.74, 6) is -0.707. The molecule has 1 fully saturated rings. The van der Waals surface area contributed by atoms with E-state index in [9.17, 15) is 9.59 Å². The Labute approximate surface area is 140 Å². The molecule has 22 heavy (non-hydrogen) atoms. The van der Waals surface area contributed by atoms with Crippen molar-refractivity contribution in [1.82, 2.24) is 5.32 Å². The quantitative estimate of drug-likeness (QED) is 0.832. The maximum Gasteiger partial charge on any atom is 0.311 e. The van der Waals surface area contributed by atoms with Crippen LogP contribution in [0.2, 0.25) is 10.0 Å². The summed E-state index contributed by atoms with van der Waals surface area (Å²) in [5, 5.41) is 3.73. The topological polar surface area (TPSA) is 55.4 Å². The highest BCUT2D eigenvalue weighted by Crippen LogP contribution is 2.23. The van der Waals surface area contributed by atoms with Gasteiger partial charge in [-0.25, -0.2) is 0 Å². The Kier molecular flexibility index (Phi) is 6.09. The van der Waals surface area contributed by atoms with Crippen LogP contribution in [0.15, 0.2) is 18.2 Å². The number of nitrogens with one attached hydrogen (secondary N) is 1. The number of halogens is 2. The fourth-order valence-corrected chi connectivity index (χ4v) is 2.82. The van der Waals surface area contributed by atoms with Crippen molar-refractivity contribution in [2.75, 3.05) is 0 Å². The van der Waals surface area contributed by atoms with Crippen LogP contribution in [0.1, 0.15) is 38.2 Å². The van der Waals surface area contributed by atoms with Crippen molar-refractivity contribution in [3.8, 4) is 0 Å². The molecule has 2 rings (SSSR count). The highest BCUT2D eigenvalue weighted by atomic mass is 35.5. The first-order valence-electron chi connectivity index (χ1n) is 7.39. The Morgan fingerprint density at radius 3 is 2.59 bits per heavy atom. The van der Waals surface area contributed by atoms with Crippen LogP contribution in [-0.2, 0) is 20.7 Å². The van der Waals surface area contributed by atoms with Gasteiger partial charge >= 0.3 is 5.97 Å². The summed E-state index contributed by atoms with van der Waals surface area (Å²) in [7, 11) is 0. The Bertz CT molecular complexity index is 556. The van der Waals surface area contributed by atoms with Crippen LogP contribution in [0.4, 0.5) is 0 Å². The van der Waals surface area contributed by atoms with Crippen molar-refractivity contribution >= 4 is 35.1 Å². The van der Waals surface area contributed by atoms with Gasteiger partial charge in [-0.3, -0.25) is 9.59 Å². The summed E-state index contributed by atoms with van der Waals surface area (Å²) in [4.78, 5) is 23.8.